The Morgan fingerprint density at radius 2 is 2.00 bits per heavy atom. The van der Waals surface area contributed by atoms with Gasteiger partial charge in [-0.3, -0.25) is 4.79 Å². The van der Waals surface area contributed by atoms with Gasteiger partial charge in [-0.25, -0.2) is 0 Å². The Bertz CT molecular complexity index is 123. The smallest absolute Gasteiger partial charge is 0.146 e. The topological polar surface area (TPSA) is 17.1 Å². The van der Waals surface area contributed by atoms with Crippen LogP contribution in [0.5, 0.6) is 0 Å². The predicted molar refractivity (Wildman–Crippen MR) is 50.6 cm³/mol. The molecule has 0 aliphatic rings. The van der Waals surface area contributed by atoms with E-state index >= 15 is 0 Å². The molecule has 0 aliphatic heterocycles. The van der Waals surface area contributed by atoms with Gasteiger partial charge < -0.3 is 0 Å². The van der Waals surface area contributed by atoms with E-state index in [-0.39, 0.29) is 0 Å². The molecule has 64 valence electrons. The molecule has 0 saturated heterocycles. The average molecular weight is 154 g/mol. The lowest BCUT2D eigenvalue weighted by molar-refractivity contribution is -0.105. The summed E-state index contributed by atoms with van der Waals surface area (Å²) in [6.45, 7) is 9.54. The van der Waals surface area contributed by atoms with Gasteiger partial charge in [-0.15, -0.1) is 0 Å². The molecule has 0 N–H and O–H groups in total. The Morgan fingerprint density at radius 1 is 1.45 bits per heavy atom. The Balaban J connectivity index is 0. The number of carbonyl (C=O) groups is 1. The molecule has 11 heavy (non-hydrogen) atoms. The molecule has 0 aliphatic carbocycles. The fourth-order valence-corrected chi connectivity index (χ4v) is 0.622. The van der Waals surface area contributed by atoms with Gasteiger partial charge in [0.1, 0.15) is 6.29 Å². The number of rotatable bonds is 4. The van der Waals surface area contributed by atoms with Crippen LogP contribution < -0.4 is 0 Å². The second kappa shape index (κ2) is 11.9. The van der Waals surface area contributed by atoms with Crippen LogP contribution in [0.2, 0.25) is 0 Å². The molecule has 0 heterocycles. The lowest BCUT2D eigenvalue weighted by Gasteiger charge is -1.90. The van der Waals surface area contributed by atoms with Gasteiger partial charge in [0.2, 0.25) is 0 Å². The summed E-state index contributed by atoms with van der Waals surface area (Å²) in [5, 5.41) is 0. The molecule has 0 fully saturated rings. The van der Waals surface area contributed by atoms with E-state index in [2.05, 4.69) is 6.58 Å². The van der Waals surface area contributed by atoms with Crippen molar-refractivity contribution in [2.24, 2.45) is 0 Å². The maximum absolute atomic E-state index is 10.2. The number of aldehydes is 1. The highest BCUT2D eigenvalue weighted by molar-refractivity contribution is 5.73. The Hall–Kier alpha value is -0.850. The minimum absolute atomic E-state index is 0.826. The van der Waals surface area contributed by atoms with E-state index in [9.17, 15) is 4.79 Å². The second-order valence-electron chi connectivity index (χ2n) is 1.85. The third-order valence-corrected chi connectivity index (χ3v) is 1.02. The molecule has 0 saturated carbocycles. The molecule has 0 rings (SSSR count). The number of allylic oxidation sites excluding steroid dienone is 3. The first kappa shape index (κ1) is 12.8. The minimum atomic E-state index is 0.826. The van der Waals surface area contributed by atoms with Gasteiger partial charge >= 0.3 is 0 Å². The van der Waals surface area contributed by atoms with Gasteiger partial charge in [0, 0.05) is 0 Å². The molecule has 0 spiro atoms. The summed E-state index contributed by atoms with van der Waals surface area (Å²) in [6.07, 6.45) is 6.13. The number of carbonyl (C=O) groups excluding carboxylic acids is 1. The molecule has 0 atom stereocenters. The fraction of sp³-hybridized carbons (Fsp3) is 0.500. The van der Waals surface area contributed by atoms with Crippen molar-refractivity contribution >= 4 is 6.29 Å². The van der Waals surface area contributed by atoms with Crippen molar-refractivity contribution in [3.8, 4) is 0 Å². The van der Waals surface area contributed by atoms with E-state index in [1.54, 1.807) is 12.2 Å². The molecule has 0 radical (unpaired) electrons. The van der Waals surface area contributed by atoms with E-state index in [1.807, 2.05) is 20.8 Å². The molecule has 0 aromatic rings. The SMILES string of the molecule is C=C/C=C(/C=O)CCC.CC. The lowest BCUT2D eigenvalue weighted by atomic mass is 10.1. The third-order valence-electron chi connectivity index (χ3n) is 1.02. The second-order valence-corrected chi connectivity index (χ2v) is 1.85. The molecular weight excluding hydrogens is 136 g/mol. The molecule has 0 bridgehead atoms. The summed E-state index contributed by atoms with van der Waals surface area (Å²) < 4.78 is 0. The zero-order valence-corrected chi connectivity index (χ0v) is 7.76. The van der Waals surface area contributed by atoms with Crippen molar-refractivity contribution in [1.29, 1.82) is 0 Å². The van der Waals surface area contributed by atoms with Crippen LogP contribution in [0.4, 0.5) is 0 Å². The monoisotopic (exact) mass is 154 g/mol. The zero-order valence-electron chi connectivity index (χ0n) is 7.76. The van der Waals surface area contributed by atoms with Crippen LogP contribution >= 0.6 is 0 Å². The maximum atomic E-state index is 10.2. The highest BCUT2D eigenvalue weighted by atomic mass is 16.1. The molecule has 0 unspecified atom stereocenters. The Labute approximate surface area is 69.8 Å². The van der Waals surface area contributed by atoms with E-state index in [4.69, 9.17) is 0 Å². The highest BCUT2D eigenvalue weighted by Gasteiger charge is 1.88. The minimum Gasteiger partial charge on any atom is -0.298 e. The van der Waals surface area contributed by atoms with Gasteiger partial charge in [-0.2, -0.15) is 0 Å². The lowest BCUT2D eigenvalue weighted by Crippen LogP contribution is -1.81. The standard InChI is InChI=1S/C8H12O.C2H6/c1-3-5-8(7-9)6-4-2;1-2/h3,5,7H,1,4,6H2,2H3;1-2H3/b8-5+;. The normalized spacial score (nSPS) is 9.55. The van der Waals surface area contributed by atoms with Crippen LogP contribution in [0, 0.1) is 0 Å². The molecule has 1 heteroatoms. The first-order valence-electron chi connectivity index (χ1n) is 4.12. The summed E-state index contributed by atoms with van der Waals surface area (Å²) in [7, 11) is 0. The number of hydrogen-bond acceptors (Lipinski definition) is 1. The van der Waals surface area contributed by atoms with Crippen LogP contribution in [0.15, 0.2) is 24.3 Å². The van der Waals surface area contributed by atoms with Crippen molar-refractivity contribution in [3.05, 3.63) is 24.3 Å². The van der Waals surface area contributed by atoms with Crippen LogP contribution in [0.25, 0.3) is 0 Å². The maximum Gasteiger partial charge on any atom is 0.146 e. The fourth-order valence-electron chi connectivity index (χ4n) is 0.622. The predicted octanol–water partition coefficient (Wildman–Crippen LogP) is 3.12. The summed E-state index contributed by atoms with van der Waals surface area (Å²) in [6, 6.07) is 0. The third kappa shape index (κ3) is 9.15. The average Bonchev–Trinajstić information content (AvgIpc) is 2.08. The van der Waals surface area contributed by atoms with Crippen LogP contribution in [-0.2, 0) is 4.79 Å². The van der Waals surface area contributed by atoms with Crippen molar-refractivity contribution in [2.45, 2.75) is 33.6 Å². The Morgan fingerprint density at radius 3 is 2.27 bits per heavy atom. The van der Waals surface area contributed by atoms with Crippen LogP contribution in [-0.4, -0.2) is 6.29 Å². The van der Waals surface area contributed by atoms with Crippen molar-refractivity contribution < 1.29 is 4.79 Å². The van der Waals surface area contributed by atoms with Gasteiger partial charge in [-0.05, 0) is 12.0 Å². The van der Waals surface area contributed by atoms with E-state index < -0.39 is 0 Å². The van der Waals surface area contributed by atoms with Crippen molar-refractivity contribution in [1.82, 2.24) is 0 Å². The first-order chi connectivity index (χ1) is 5.35. The summed E-state index contributed by atoms with van der Waals surface area (Å²) in [5.41, 5.74) is 0.826. The molecular formula is C10H18O. The zero-order chi connectivity index (χ0) is 9.11. The van der Waals surface area contributed by atoms with Gasteiger partial charge in [0.05, 0.1) is 0 Å². The highest BCUT2D eigenvalue weighted by Crippen LogP contribution is 1.99. The first-order valence-corrected chi connectivity index (χ1v) is 4.12. The quantitative estimate of drug-likeness (QED) is 0.345. The largest absolute Gasteiger partial charge is 0.298 e. The van der Waals surface area contributed by atoms with Crippen molar-refractivity contribution in [3.63, 3.8) is 0 Å². The number of hydrogen-bond donors (Lipinski definition) is 0. The molecule has 0 aromatic heterocycles. The summed E-state index contributed by atoms with van der Waals surface area (Å²) >= 11 is 0. The van der Waals surface area contributed by atoms with E-state index in [0.29, 0.717) is 0 Å². The summed E-state index contributed by atoms with van der Waals surface area (Å²) in [5.74, 6) is 0. The van der Waals surface area contributed by atoms with Crippen LogP contribution in [0.1, 0.15) is 33.6 Å². The van der Waals surface area contributed by atoms with Gasteiger partial charge in [0.25, 0.3) is 0 Å². The van der Waals surface area contributed by atoms with E-state index in [1.165, 1.54) is 0 Å². The molecule has 0 amide bonds. The summed E-state index contributed by atoms with van der Waals surface area (Å²) in [4.78, 5) is 10.2. The van der Waals surface area contributed by atoms with Crippen molar-refractivity contribution in [2.75, 3.05) is 0 Å². The Kier molecular flexibility index (Phi) is 13.8. The molecule has 0 aromatic carbocycles. The van der Waals surface area contributed by atoms with Crippen LogP contribution in [0.3, 0.4) is 0 Å². The van der Waals surface area contributed by atoms with E-state index in [0.717, 1.165) is 24.7 Å². The van der Waals surface area contributed by atoms with Gasteiger partial charge in [-0.1, -0.05) is 45.9 Å². The van der Waals surface area contributed by atoms with Gasteiger partial charge in [0.15, 0.2) is 0 Å². The molecule has 1 nitrogen and oxygen atoms in total.